The Morgan fingerprint density at radius 3 is 2.31 bits per heavy atom. The molecule has 1 aliphatic rings. The molecule has 0 heterocycles. The van der Waals surface area contributed by atoms with Gasteiger partial charge in [-0.05, 0) is 18.6 Å². The fourth-order valence-corrected chi connectivity index (χ4v) is 1.83. The summed E-state index contributed by atoms with van der Waals surface area (Å²) in [6.07, 6.45) is 3.92. The molecular weight excluding hydrogens is 212 g/mol. The van der Waals surface area contributed by atoms with Gasteiger partial charge < -0.3 is 5.73 Å². The second kappa shape index (κ2) is 4.14. The molecule has 16 heavy (non-hydrogen) atoms. The summed E-state index contributed by atoms with van der Waals surface area (Å²) in [6.45, 7) is 0. The quantitative estimate of drug-likeness (QED) is 0.616. The molecule has 2 atom stereocenters. The minimum Gasteiger partial charge on any atom is -0.324 e. The van der Waals surface area contributed by atoms with Crippen LogP contribution in [0.4, 0.5) is 8.78 Å². The zero-order valence-electron chi connectivity index (χ0n) is 8.49. The van der Waals surface area contributed by atoms with Crippen LogP contribution in [0.3, 0.4) is 0 Å². The molecule has 0 fully saturated rings. The molecule has 0 spiro atoms. The van der Waals surface area contributed by atoms with Gasteiger partial charge in [-0.3, -0.25) is 4.79 Å². The van der Waals surface area contributed by atoms with E-state index in [1.165, 1.54) is 0 Å². The summed E-state index contributed by atoms with van der Waals surface area (Å²) in [6, 6.07) is 2.69. The Balaban J connectivity index is 2.24. The highest BCUT2D eigenvalue weighted by molar-refractivity contribution is 5.99. The van der Waals surface area contributed by atoms with Gasteiger partial charge in [0.15, 0.2) is 5.78 Å². The molecule has 0 saturated heterocycles. The lowest BCUT2D eigenvalue weighted by Gasteiger charge is -2.08. The van der Waals surface area contributed by atoms with Crippen LogP contribution in [-0.4, -0.2) is 11.8 Å². The van der Waals surface area contributed by atoms with E-state index in [2.05, 4.69) is 0 Å². The van der Waals surface area contributed by atoms with Crippen molar-refractivity contribution in [1.82, 2.24) is 0 Å². The minimum atomic E-state index is -0.741. The first-order chi connectivity index (χ1) is 7.56. The van der Waals surface area contributed by atoms with Gasteiger partial charge in [-0.15, -0.1) is 0 Å². The van der Waals surface area contributed by atoms with Crippen LogP contribution >= 0.6 is 0 Å². The largest absolute Gasteiger partial charge is 0.324 e. The van der Waals surface area contributed by atoms with Crippen LogP contribution in [0.2, 0.25) is 0 Å². The van der Waals surface area contributed by atoms with Crippen molar-refractivity contribution in [1.29, 1.82) is 0 Å². The number of halogens is 2. The molecule has 0 radical (unpaired) electrons. The van der Waals surface area contributed by atoms with Crippen LogP contribution < -0.4 is 5.73 Å². The highest BCUT2D eigenvalue weighted by Gasteiger charge is 2.24. The maximum absolute atomic E-state index is 12.9. The van der Waals surface area contributed by atoms with Gasteiger partial charge in [-0.25, -0.2) is 8.78 Å². The zero-order chi connectivity index (χ0) is 11.7. The van der Waals surface area contributed by atoms with E-state index in [9.17, 15) is 13.6 Å². The Morgan fingerprint density at radius 1 is 1.19 bits per heavy atom. The van der Waals surface area contributed by atoms with E-state index in [0.717, 1.165) is 18.2 Å². The summed E-state index contributed by atoms with van der Waals surface area (Å²) in [5, 5.41) is 0. The topological polar surface area (TPSA) is 43.1 Å². The molecule has 2 unspecified atom stereocenters. The van der Waals surface area contributed by atoms with Crippen molar-refractivity contribution in [3.05, 3.63) is 47.5 Å². The summed E-state index contributed by atoms with van der Waals surface area (Å²) in [4.78, 5) is 11.9. The van der Waals surface area contributed by atoms with Gasteiger partial charge in [0.05, 0.1) is 0 Å². The predicted molar refractivity (Wildman–Crippen MR) is 55.9 cm³/mol. The van der Waals surface area contributed by atoms with Gasteiger partial charge in [0.25, 0.3) is 0 Å². The zero-order valence-corrected chi connectivity index (χ0v) is 8.49. The van der Waals surface area contributed by atoms with Gasteiger partial charge in [0.2, 0.25) is 0 Å². The number of nitrogens with two attached hydrogens (primary N) is 1. The number of carbonyl (C=O) groups excluding carboxylic acids is 1. The lowest BCUT2D eigenvalue weighted by molar-refractivity contribution is 0.0942. The molecular formula is C12H11F2NO. The average molecular weight is 223 g/mol. The lowest BCUT2D eigenvalue weighted by atomic mass is 9.96. The number of carbonyl (C=O) groups is 1. The van der Waals surface area contributed by atoms with Crippen LogP contribution in [0.25, 0.3) is 0 Å². The molecule has 0 bridgehead atoms. The van der Waals surface area contributed by atoms with Gasteiger partial charge in [-0.2, -0.15) is 0 Å². The Morgan fingerprint density at radius 2 is 1.81 bits per heavy atom. The lowest BCUT2D eigenvalue weighted by Crippen LogP contribution is -2.19. The number of hydrogen-bond acceptors (Lipinski definition) is 2. The van der Waals surface area contributed by atoms with Crippen LogP contribution in [0, 0.1) is 17.6 Å². The van der Waals surface area contributed by atoms with Crippen LogP contribution in [0.1, 0.15) is 16.8 Å². The molecule has 0 aromatic heterocycles. The van der Waals surface area contributed by atoms with E-state index in [0.29, 0.717) is 6.42 Å². The van der Waals surface area contributed by atoms with Crippen molar-refractivity contribution in [2.24, 2.45) is 11.7 Å². The number of Topliss-reactive ketones (excluding diaryl/α,β-unsaturated/α-hetero) is 1. The number of ketones is 1. The Labute approximate surface area is 91.8 Å². The summed E-state index contributed by atoms with van der Waals surface area (Å²) in [7, 11) is 0. The number of rotatable bonds is 2. The molecule has 1 aliphatic carbocycles. The maximum atomic E-state index is 12.9. The third kappa shape index (κ3) is 2.17. The Kier molecular flexibility index (Phi) is 2.83. The highest BCUT2D eigenvalue weighted by atomic mass is 19.1. The molecule has 0 aliphatic heterocycles. The summed E-state index contributed by atoms with van der Waals surface area (Å²) < 4.78 is 25.8. The Bertz CT molecular complexity index is 436. The number of hydrogen-bond donors (Lipinski definition) is 1. The van der Waals surface area contributed by atoms with Crippen LogP contribution in [0.15, 0.2) is 30.4 Å². The third-order valence-electron chi connectivity index (χ3n) is 2.60. The second-order valence-electron chi connectivity index (χ2n) is 3.91. The minimum absolute atomic E-state index is 0.0567. The van der Waals surface area contributed by atoms with E-state index in [1.54, 1.807) is 12.2 Å². The molecule has 1 aromatic carbocycles. The fourth-order valence-electron chi connectivity index (χ4n) is 1.83. The van der Waals surface area contributed by atoms with Gasteiger partial charge >= 0.3 is 0 Å². The highest BCUT2D eigenvalue weighted by Crippen LogP contribution is 2.22. The molecule has 4 heteroatoms. The number of benzene rings is 1. The van der Waals surface area contributed by atoms with Crippen LogP contribution in [0.5, 0.6) is 0 Å². The van der Waals surface area contributed by atoms with Gasteiger partial charge in [-0.1, -0.05) is 12.2 Å². The predicted octanol–water partition coefficient (Wildman–Crippen LogP) is 2.05. The van der Waals surface area contributed by atoms with Gasteiger partial charge in [0.1, 0.15) is 11.6 Å². The van der Waals surface area contributed by atoms with E-state index in [-0.39, 0.29) is 23.3 Å². The van der Waals surface area contributed by atoms with Crippen molar-refractivity contribution in [2.45, 2.75) is 12.5 Å². The second-order valence-corrected chi connectivity index (χ2v) is 3.91. The summed E-state index contributed by atoms with van der Waals surface area (Å²) in [5.74, 6) is -2.14. The SMILES string of the molecule is NC1C=CC(C(=O)c2cc(F)cc(F)c2)C1. The number of allylic oxidation sites excluding steroid dienone is 1. The van der Waals surface area contributed by atoms with Crippen molar-refractivity contribution < 1.29 is 13.6 Å². The van der Waals surface area contributed by atoms with E-state index in [4.69, 9.17) is 5.73 Å². The summed E-state index contributed by atoms with van der Waals surface area (Å²) >= 11 is 0. The average Bonchev–Trinajstić information content (AvgIpc) is 2.62. The standard InChI is InChI=1S/C12H11F2NO/c13-9-3-8(4-10(14)6-9)12(16)7-1-2-11(15)5-7/h1-4,6-7,11H,5,15H2. The van der Waals surface area contributed by atoms with Crippen LogP contribution in [-0.2, 0) is 0 Å². The van der Waals surface area contributed by atoms with E-state index < -0.39 is 11.6 Å². The molecule has 2 N–H and O–H groups in total. The molecule has 0 saturated carbocycles. The Hall–Kier alpha value is -1.55. The fraction of sp³-hybridized carbons (Fsp3) is 0.250. The molecule has 84 valence electrons. The van der Waals surface area contributed by atoms with E-state index >= 15 is 0 Å². The van der Waals surface area contributed by atoms with Crippen molar-refractivity contribution in [3.63, 3.8) is 0 Å². The van der Waals surface area contributed by atoms with Crippen molar-refractivity contribution in [3.8, 4) is 0 Å². The molecule has 0 amide bonds. The molecule has 2 rings (SSSR count). The smallest absolute Gasteiger partial charge is 0.169 e. The van der Waals surface area contributed by atoms with E-state index in [1.807, 2.05) is 0 Å². The first kappa shape index (κ1) is 11.0. The maximum Gasteiger partial charge on any atom is 0.169 e. The third-order valence-corrected chi connectivity index (χ3v) is 2.60. The van der Waals surface area contributed by atoms with Gasteiger partial charge in [0, 0.05) is 23.6 Å². The monoisotopic (exact) mass is 223 g/mol. The molecule has 1 aromatic rings. The summed E-state index contributed by atoms with van der Waals surface area (Å²) in [5.41, 5.74) is 5.67. The first-order valence-electron chi connectivity index (χ1n) is 5.00. The molecule has 2 nitrogen and oxygen atoms in total. The first-order valence-corrected chi connectivity index (χ1v) is 5.00. The normalized spacial score (nSPS) is 23.7. The van der Waals surface area contributed by atoms with Crippen molar-refractivity contribution >= 4 is 5.78 Å². The van der Waals surface area contributed by atoms with Crippen molar-refractivity contribution in [2.75, 3.05) is 0 Å².